The van der Waals surface area contributed by atoms with Crippen LogP contribution in [-0.2, 0) is 27.2 Å². The maximum Gasteiger partial charge on any atom is 0.248 e. The first-order chi connectivity index (χ1) is 21.3. The third kappa shape index (κ3) is 7.86. The van der Waals surface area contributed by atoms with Gasteiger partial charge < -0.3 is 20.9 Å². The van der Waals surface area contributed by atoms with Crippen LogP contribution in [0.15, 0.2) is 48.5 Å². The molecule has 3 N–H and O–H groups in total. The van der Waals surface area contributed by atoms with E-state index in [1.54, 1.807) is 17.0 Å². The zero-order valence-electron chi connectivity index (χ0n) is 26.4. The molecule has 0 spiro atoms. The molecule has 2 heterocycles. The number of likely N-dealkylation sites (tertiary alicyclic amines) is 1. The van der Waals surface area contributed by atoms with Crippen LogP contribution in [0, 0.1) is 11.3 Å². The highest BCUT2D eigenvalue weighted by molar-refractivity contribution is 6.30. The van der Waals surface area contributed by atoms with Gasteiger partial charge in [-0.2, -0.15) is 0 Å². The minimum Gasteiger partial charge on any atom is -0.351 e. The van der Waals surface area contributed by atoms with Crippen molar-refractivity contribution in [1.29, 1.82) is 0 Å². The van der Waals surface area contributed by atoms with Crippen molar-refractivity contribution >= 4 is 29.3 Å². The summed E-state index contributed by atoms with van der Waals surface area (Å²) < 4.78 is 28.2. The Morgan fingerprint density at radius 3 is 2.29 bits per heavy atom. The van der Waals surface area contributed by atoms with Gasteiger partial charge >= 0.3 is 0 Å². The molecule has 7 nitrogen and oxygen atoms in total. The van der Waals surface area contributed by atoms with E-state index in [4.69, 9.17) is 11.6 Å². The zero-order chi connectivity index (χ0) is 32.4. The average Bonchev–Trinajstić information content (AvgIpc) is 3.00. The Balaban J connectivity index is 1.35. The van der Waals surface area contributed by atoms with Gasteiger partial charge in [-0.3, -0.25) is 14.4 Å². The van der Waals surface area contributed by atoms with E-state index in [1.807, 2.05) is 57.2 Å². The second kappa shape index (κ2) is 13.4. The van der Waals surface area contributed by atoms with E-state index in [0.717, 1.165) is 23.1 Å². The van der Waals surface area contributed by atoms with Gasteiger partial charge in [-0.1, -0.05) is 48.0 Å². The molecular weight excluding hydrogens is 598 g/mol. The van der Waals surface area contributed by atoms with Crippen LogP contribution >= 0.6 is 11.6 Å². The molecule has 1 saturated heterocycles. The van der Waals surface area contributed by atoms with Crippen molar-refractivity contribution in [3.05, 3.63) is 70.2 Å². The summed E-state index contributed by atoms with van der Waals surface area (Å²) in [6.07, 6.45) is 1.99. The molecule has 2 aromatic carbocycles. The summed E-state index contributed by atoms with van der Waals surface area (Å²) in [5.41, 5.74) is 1.57. The van der Waals surface area contributed by atoms with Crippen molar-refractivity contribution in [3.8, 4) is 0 Å². The fourth-order valence-electron chi connectivity index (χ4n) is 7.27. The summed E-state index contributed by atoms with van der Waals surface area (Å²) in [5, 5.41) is 10.0. The lowest BCUT2D eigenvalue weighted by molar-refractivity contribution is -0.150. The Morgan fingerprint density at radius 2 is 1.64 bits per heavy atom. The summed E-state index contributed by atoms with van der Waals surface area (Å²) in [7, 11) is 0. The highest BCUT2D eigenvalue weighted by Gasteiger charge is 2.52. The summed E-state index contributed by atoms with van der Waals surface area (Å²) in [5.74, 6) is -3.49. The maximum absolute atomic E-state index is 14.2. The third-order valence-electron chi connectivity index (χ3n) is 9.75. The van der Waals surface area contributed by atoms with Crippen molar-refractivity contribution in [3.63, 3.8) is 0 Å². The number of nitrogens with zero attached hydrogens (tertiary/aromatic N) is 1. The van der Waals surface area contributed by atoms with E-state index in [2.05, 4.69) is 16.0 Å². The Kier molecular flexibility index (Phi) is 9.90. The van der Waals surface area contributed by atoms with E-state index >= 15 is 0 Å². The number of hydrogen-bond acceptors (Lipinski definition) is 4. The summed E-state index contributed by atoms with van der Waals surface area (Å²) in [6.45, 7) is 7.01. The van der Waals surface area contributed by atoms with Crippen LogP contribution in [0.2, 0.25) is 5.02 Å². The minimum absolute atomic E-state index is 0.120. The van der Waals surface area contributed by atoms with E-state index < -0.39 is 29.0 Å². The Hall–Kier alpha value is -3.04. The number of rotatable bonds is 7. The topological polar surface area (TPSA) is 90.5 Å². The smallest absolute Gasteiger partial charge is 0.248 e. The third-order valence-corrected chi connectivity index (χ3v) is 10.00. The molecule has 5 rings (SSSR count). The Morgan fingerprint density at radius 1 is 1.00 bits per heavy atom. The zero-order valence-corrected chi connectivity index (χ0v) is 27.2. The first kappa shape index (κ1) is 33.3. The molecule has 3 aliphatic rings. The second-order valence-electron chi connectivity index (χ2n) is 14.0. The molecule has 0 aromatic heterocycles. The fraction of sp³-hybridized carbons (Fsp3) is 0.571. The van der Waals surface area contributed by atoms with Crippen LogP contribution in [0.3, 0.4) is 0 Å². The van der Waals surface area contributed by atoms with E-state index in [0.29, 0.717) is 37.5 Å². The molecule has 10 heteroatoms. The molecule has 244 valence electrons. The second-order valence-corrected chi connectivity index (χ2v) is 14.5. The van der Waals surface area contributed by atoms with E-state index in [-0.39, 0.29) is 55.7 Å². The van der Waals surface area contributed by atoms with Gasteiger partial charge in [-0.05, 0) is 87.6 Å². The standard InChI is InChI=1S/C35H45ClF2N4O3/c1-33(2,3)41-32(45)34(25-12-15-35(37,38)16-13-25)17-20-42(21-18-34)31(44)28(22-23-8-10-26(36)11-9-23)40-30(43)29-27-7-5-4-6-24(27)14-19-39-29/h4-11,25,28-29,39H,12-22H2,1-3H3,(H,40,43)(H,41,45)/t28-,29?/m1/s1. The molecule has 45 heavy (non-hydrogen) atoms. The number of benzene rings is 2. The van der Waals surface area contributed by atoms with Crippen molar-refractivity contribution in [2.45, 2.75) is 95.7 Å². The highest BCUT2D eigenvalue weighted by Crippen LogP contribution is 2.49. The molecule has 2 fully saturated rings. The van der Waals surface area contributed by atoms with Gasteiger partial charge in [0.15, 0.2) is 0 Å². The summed E-state index contributed by atoms with van der Waals surface area (Å²) in [6, 6.07) is 13.6. The predicted octanol–water partition coefficient (Wildman–Crippen LogP) is 5.60. The monoisotopic (exact) mass is 642 g/mol. The number of nitrogens with one attached hydrogen (secondary N) is 3. The maximum atomic E-state index is 14.2. The molecule has 2 aromatic rings. The lowest BCUT2D eigenvalue weighted by atomic mass is 9.62. The predicted molar refractivity (Wildman–Crippen MR) is 171 cm³/mol. The number of amides is 3. The molecule has 2 atom stereocenters. The Labute approximate surface area is 269 Å². The van der Waals surface area contributed by atoms with Crippen molar-refractivity contribution in [1.82, 2.24) is 20.9 Å². The van der Waals surface area contributed by atoms with Crippen LogP contribution in [0.1, 0.15) is 82.0 Å². The Bertz CT molecular complexity index is 1380. The normalized spacial score (nSPS) is 22.2. The minimum atomic E-state index is -2.70. The number of piperidine rings is 1. The molecule has 0 bridgehead atoms. The highest BCUT2D eigenvalue weighted by atomic mass is 35.5. The average molecular weight is 643 g/mol. The van der Waals surface area contributed by atoms with Crippen LogP contribution in [0.5, 0.6) is 0 Å². The molecule has 1 unspecified atom stereocenters. The number of carbonyl (C=O) groups is 3. The van der Waals surface area contributed by atoms with Crippen LogP contribution in [0.4, 0.5) is 8.78 Å². The largest absolute Gasteiger partial charge is 0.351 e. The first-order valence-corrected chi connectivity index (χ1v) is 16.5. The number of hydrogen-bond donors (Lipinski definition) is 3. The van der Waals surface area contributed by atoms with Gasteiger partial charge in [0, 0.05) is 49.5 Å². The summed E-state index contributed by atoms with van der Waals surface area (Å²) >= 11 is 6.11. The lowest BCUT2D eigenvalue weighted by Crippen LogP contribution is -2.59. The van der Waals surface area contributed by atoms with Crippen LogP contribution in [0.25, 0.3) is 0 Å². The van der Waals surface area contributed by atoms with Gasteiger partial charge in [0.05, 0.1) is 5.41 Å². The van der Waals surface area contributed by atoms with Gasteiger partial charge in [0.1, 0.15) is 12.1 Å². The lowest BCUT2D eigenvalue weighted by Gasteiger charge is -2.48. The van der Waals surface area contributed by atoms with Crippen LogP contribution < -0.4 is 16.0 Å². The molecule has 0 radical (unpaired) electrons. The number of halogens is 3. The van der Waals surface area contributed by atoms with Crippen molar-refractivity contribution in [2.75, 3.05) is 19.6 Å². The number of carbonyl (C=O) groups excluding carboxylic acids is 3. The quantitative estimate of drug-likeness (QED) is 0.367. The number of fused-ring (bicyclic) bond motifs is 1. The van der Waals surface area contributed by atoms with Crippen LogP contribution in [-0.4, -0.2) is 59.8 Å². The van der Waals surface area contributed by atoms with Gasteiger partial charge in [-0.15, -0.1) is 0 Å². The molecule has 3 amide bonds. The molecular formula is C35H45ClF2N4O3. The number of alkyl halides is 2. The van der Waals surface area contributed by atoms with Crippen molar-refractivity contribution in [2.24, 2.45) is 11.3 Å². The fourth-order valence-corrected chi connectivity index (χ4v) is 7.40. The first-order valence-electron chi connectivity index (χ1n) is 16.1. The van der Waals surface area contributed by atoms with E-state index in [1.165, 1.54) is 0 Å². The molecule has 1 aliphatic carbocycles. The van der Waals surface area contributed by atoms with Gasteiger partial charge in [0.25, 0.3) is 0 Å². The SMILES string of the molecule is CC(C)(C)NC(=O)C1(C2CCC(F)(F)CC2)CCN(C(=O)[C@@H](Cc2ccc(Cl)cc2)NC(=O)C2NCCc3ccccc32)CC1. The van der Waals surface area contributed by atoms with E-state index in [9.17, 15) is 23.2 Å². The van der Waals surface area contributed by atoms with Gasteiger partial charge in [0.2, 0.25) is 23.6 Å². The van der Waals surface area contributed by atoms with Crippen molar-refractivity contribution < 1.29 is 23.2 Å². The molecule has 2 aliphatic heterocycles. The van der Waals surface area contributed by atoms with Gasteiger partial charge in [-0.25, -0.2) is 8.78 Å². The summed E-state index contributed by atoms with van der Waals surface area (Å²) in [4.78, 5) is 43.4. The molecule has 1 saturated carbocycles.